The highest BCUT2D eigenvalue weighted by Gasteiger charge is 2.22. The Morgan fingerprint density at radius 3 is 2.95 bits per heavy atom. The maximum Gasteiger partial charge on any atom is 0.262 e. The van der Waals surface area contributed by atoms with E-state index in [0.717, 1.165) is 38.8 Å². The van der Waals surface area contributed by atoms with E-state index in [4.69, 9.17) is 0 Å². The van der Waals surface area contributed by atoms with Crippen molar-refractivity contribution in [1.29, 1.82) is 0 Å². The van der Waals surface area contributed by atoms with Crippen LogP contribution in [0.5, 0.6) is 0 Å². The van der Waals surface area contributed by atoms with Crippen LogP contribution in [0.1, 0.15) is 26.5 Å². The van der Waals surface area contributed by atoms with E-state index in [0.29, 0.717) is 4.88 Å². The lowest BCUT2D eigenvalue weighted by molar-refractivity contribution is 0.0974. The second-order valence-electron chi connectivity index (χ2n) is 5.24. The molecule has 4 rings (SSSR count). The van der Waals surface area contributed by atoms with Gasteiger partial charge in [-0.1, -0.05) is 0 Å². The highest BCUT2D eigenvalue weighted by molar-refractivity contribution is 9.11. The zero-order valence-corrected chi connectivity index (χ0v) is 14.7. The standard InChI is InChI=1S/C15H11BrN2O2S2/c16-12-5-4-11(21-12)9(19)6-18-7-17-14-13(15(18)20)8-2-1-3-10(8)22-14/h4-5,7H,1-3,6H2. The molecule has 0 spiro atoms. The molecule has 3 aromatic rings. The summed E-state index contributed by atoms with van der Waals surface area (Å²) in [5, 5.41) is 0.722. The summed E-state index contributed by atoms with van der Waals surface area (Å²) in [6, 6.07) is 3.62. The molecule has 0 saturated heterocycles. The van der Waals surface area contributed by atoms with Crippen molar-refractivity contribution in [3.8, 4) is 0 Å². The number of nitrogens with zero attached hydrogens (tertiary/aromatic N) is 2. The van der Waals surface area contributed by atoms with Crippen molar-refractivity contribution < 1.29 is 4.79 Å². The molecule has 4 nitrogen and oxygen atoms in total. The summed E-state index contributed by atoms with van der Waals surface area (Å²) in [7, 11) is 0. The van der Waals surface area contributed by atoms with E-state index in [-0.39, 0.29) is 17.9 Å². The number of thiophene rings is 2. The Bertz CT molecular complexity index is 954. The molecule has 0 unspecified atom stereocenters. The molecule has 1 aliphatic carbocycles. The predicted octanol–water partition coefficient (Wildman–Crippen LogP) is 3.65. The van der Waals surface area contributed by atoms with Crippen molar-refractivity contribution in [1.82, 2.24) is 9.55 Å². The van der Waals surface area contributed by atoms with Crippen LogP contribution in [-0.2, 0) is 19.4 Å². The molecule has 3 aromatic heterocycles. The molecule has 0 N–H and O–H groups in total. The third kappa shape index (κ3) is 2.28. The number of Topliss-reactive ketones (excluding diaryl/α,β-unsaturated/α-hetero) is 1. The van der Waals surface area contributed by atoms with Gasteiger partial charge in [-0.15, -0.1) is 22.7 Å². The van der Waals surface area contributed by atoms with Crippen LogP contribution in [0.4, 0.5) is 0 Å². The van der Waals surface area contributed by atoms with E-state index in [1.54, 1.807) is 17.4 Å². The van der Waals surface area contributed by atoms with Crippen molar-refractivity contribution in [3.05, 3.63) is 47.9 Å². The van der Waals surface area contributed by atoms with Gasteiger partial charge in [0.25, 0.3) is 5.56 Å². The monoisotopic (exact) mass is 394 g/mol. The van der Waals surface area contributed by atoms with E-state index in [1.165, 1.54) is 27.1 Å². The highest BCUT2D eigenvalue weighted by Crippen LogP contribution is 2.34. The van der Waals surface area contributed by atoms with Crippen LogP contribution in [0.2, 0.25) is 0 Å². The smallest absolute Gasteiger partial charge is 0.262 e. The zero-order chi connectivity index (χ0) is 15.3. The molecule has 112 valence electrons. The first-order chi connectivity index (χ1) is 10.6. The Morgan fingerprint density at radius 1 is 1.32 bits per heavy atom. The number of carbonyl (C=O) groups is 1. The Labute approximate surface area is 142 Å². The fraction of sp³-hybridized carbons (Fsp3) is 0.267. The summed E-state index contributed by atoms with van der Waals surface area (Å²) in [4.78, 5) is 32.1. The average molecular weight is 395 g/mol. The molecule has 0 amide bonds. The van der Waals surface area contributed by atoms with Gasteiger partial charge in [-0.3, -0.25) is 14.2 Å². The molecule has 3 heterocycles. The molecule has 0 saturated carbocycles. The van der Waals surface area contributed by atoms with Gasteiger partial charge in [-0.25, -0.2) is 4.98 Å². The van der Waals surface area contributed by atoms with Gasteiger partial charge in [0.15, 0.2) is 5.78 Å². The van der Waals surface area contributed by atoms with Crippen LogP contribution in [0, 0.1) is 0 Å². The van der Waals surface area contributed by atoms with Crippen molar-refractivity contribution in [2.45, 2.75) is 25.8 Å². The van der Waals surface area contributed by atoms with Crippen LogP contribution >= 0.6 is 38.6 Å². The lowest BCUT2D eigenvalue weighted by Crippen LogP contribution is -2.24. The second-order valence-corrected chi connectivity index (χ2v) is 8.79. The first-order valence-electron chi connectivity index (χ1n) is 6.91. The Kier molecular flexibility index (Phi) is 3.51. The number of aromatic nitrogens is 2. The summed E-state index contributed by atoms with van der Waals surface area (Å²) in [6.45, 7) is 0.0410. The number of carbonyl (C=O) groups excluding carboxylic acids is 1. The molecule has 0 fully saturated rings. The maximum atomic E-state index is 12.7. The number of halogens is 1. The SMILES string of the molecule is O=C(Cn1cnc2sc3c(c2c1=O)CCC3)c1ccc(Br)s1. The minimum atomic E-state index is -0.0895. The topological polar surface area (TPSA) is 52.0 Å². The number of ketones is 1. The van der Waals surface area contributed by atoms with Gasteiger partial charge in [-0.2, -0.15) is 0 Å². The van der Waals surface area contributed by atoms with Gasteiger partial charge in [0.2, 0.25) is 0 Å². The third-order valence-corrected chi connectivity index (χ3v) is 6.72. The number of rotatable bonds is 3. The van der Waals surface area contributed by atoms with Crippen molar-refractivity contribution >= 4 is 54.6 Å². The molecule has 22 heavy (non-hydrogen) atoms. The van der Waals surface area contributed by atoms with Gasteiger partial charge in [0, 0.05) is 4.88 Å². The summed E-state index contributed by atoms with van der Waals surface area (Å²) in [6.07, 6.45) is 4.59. The fourth-order valence-electron chi connectivity index (χ4n) is 2.83. The predicted molar refractivity (Wildman–Crippen MR) is 92.3 cm³/mol. The van der Waals surface area contributed by atoms with Gasteiger partial charge in [0.05, 0.1) is 26.9 Å². The quantitative estimate of drug-likeness (QED) is 0.636. The largest absolute Gasteiger partial charge is 0.291 e. The number of aryl methyl sites for hydroxylation is 2. The Morgan fingerprint density at radius 2 is 2.18 bits per heavy atom. The Hall–Kier alpha value is -1.31. The molecule has 0 atom stereocenters. The first kappa shape index (κ1) is 14.3. The molecule has 1 aliphatic rings. The molecule has 0 aliphatic heterocycles. The minimum Gasteiger partial charge on any atom is -0.291 e. The summed E-state index contributed by atoms with van der Waals surface area (Å²) in [5.74, 6) is -0.0641. The van der Waals surface area contributed by atoms with Crippen molar-refractivity contribution in [2.24, 2.45) is 0 Å². The van der Waals surface area contributed by atoms with E-state index in [1.807, 2.05) is 6.07 Å². The number of hydrogen-bond donors (Lipinski definition) is 0. The summed E-state index contributed by atoms with van der Waals surface area (Å²) >= 11 is 6.34. The van der Waals surface area contributed by atoms with Crippen LogP contribution in [0.15, 0.2) is 27.0 Å². The molecular weight excluding hydrogens is 384 g/mol. The normalized spacial score (nSPS) is 13.7. The first-order valence-corrected chi connectivity index (χ1v) is 9.34. The lowest BCUT2D eigenvalue weighted by Gasteiger charge is -2.04. The van der Waals surface area contributed by atoms with E-state index in [2.05, 4.69) is 20.9 Å². The highest BCUT2D eigenvalue weighted by atomic mass is 79.9. The van der Waals surface area contributed by atoms with Gasteiger partial charge >= 0.3 is 0 Å². The Balaban J connectivity index is 1.75. The van der Waals surface area contributed by atoms with E-state index in [9.17, 15) is 9.59 Å². The summed E-state index contributed by atoms with van der Waals surface area (Å²) in [5.41, 5.74) is 1.06. The lowest BCUT2D eigenvalue weighted by atomic mass is 10.2. The van der Waals surface area contributed by atoms with Gasteiger partial charge in [0.1, 0.15) is 4.83 Å². The van der Waals surface area contributed by atoms with Crippen molar-refractivity contribution in [3.63, 3.8) is 0 Å². The van der Waals surface area contributed by atoms with E-state index < -0.39 is 0 Å². The zero-order valence-electron chi connectivity index (χ0n) is 11.5. The molecule has 0 aromatic carbocycles. The van der Waals surface area contributed by atoms with Crippen LogP contribution in [0.3, 0.4) is 0 Å². The fourth-order valence-corrected chi connectivity index (χ4v) is 5.36. The maximum absolute atomic E-state index is 12.7. The van der Waals surface area contributed by atoms with Crippen LogP contribution < -0.4 is 5.56 Å². The van der Waals surface area contributed by atoms with Crippen LogP contribution in [-0.4, -0.2) is 15.3 Å². The summed E-state index contributed by atoms with van der Waals surface area (Å²) < 4.78 is 2.34. The molecule has 0 bridgehead atoms. The molecule has 7 heteroatoms. The average Bonchev–Trinajstić information content (AvgIpc) is 3.16. The minimum absolute atomic E-state index is 0.0410. The number of fused-ring (bicyclic) bond motifs is 3. The van der Waals surface area contributed by atoms with Gasteiger partial charge in [-0.05, 0) is 52.9 Å². The van der Waals surface area contributed by atoms with Gasteiger partial charge < -0.3 is 0 Å². The number of hydrogen-bond acceptors (Lipinski definition) is 5. The van der Waals surface area contributed by atoms with E-state index >= 15 is 0 Å². The molecular formula is C15H11BrN2O2S2. The van der Waals surface area contributed by atoms with Crippen molar-refractivity contribution in [2.75, 3.05) is 0 Å². The second kappa shape index (κ2) is 5.40. The van der Waals surface area contributed by atoms with Crippen LogP contribution in [0.25, 0.3) is 10.2 Å². The molecule has 0 radical (unpaired) electrons. The third-order valence-electron chi connectivity index (χ3n) is 3.85.